The summed E-state index contributed by atoms with van der Waals surface area (Å²) in [6, 6.07) is 16.6. The monoisotopic (exact) mass is 638 g/mol. The van der Waals surface area contributed by atoms with Gasteiger partial charge in [0.05, 0.1) is 30.6 Å². The van der Waals surface area contributed by atoms with Crippen LogP contribution < -0.4 is 24.4 Å². The van der Waals surface area contributed by atoms with E-state index in [0.717, 1.165) is 19.2 Å². The van der Waals surface area contributed by atoms with Crippen LogP contribution in [0.2, 0.25) is 0 Å². The SMILES string of the molecule is CCOc1ccc(C(=O)N/N=C/c2cc(I)c(OCc3ccc(Br)cc3)c(OC)c2)cc1OC. The molecule has 3 rings (SSSR count). The summed E-state index contributed by atoms with van der Waals surface area (Å²) in [4.78, 5) is 12.5. The van der Waals surface area contributed by atoms with Gasteiger partial charge in [-0.25, -0.2) is 5.43 Å². The molecule has 0 atom stereocenters. The third-order valence-corrected chi connectivity index (χ3v) is 5.98. The van der Waals surface area contributed by atoms with E-state index < -0.39 is 0 Å². The Kier molecular flexibility index (Phi) is 9.58. The Labute approximate surface area is 220 Å². The van der Waals surface area contributed by atoms with E-state index in [1.54, 1.807) is 37.6 Å². The van der Waals surface area contributed by atoms with E-state index in [4.69, 9.17) is 18.9 Å². The van der Waals surface area contributed by atoms with Gasteiger partial charge in [-0.15, -0.1) is 0 Å². The number of halogens is 2. The summed E-state index contributed by atoms with van der Waals surface area (Å²) in [7, 11) is 3.11. The van der Waals surface area contributed by atoms with Gasteiger partial charge in [0.15, 0.2) is 23.0 Å². The van der Waals surface area contributed by atoms with Gasteiger partial charge in [-0.1, -0.05) is 28.1 Å². The summed E-state index contributed by atoms with van der Waals surface area (Å²) < 4.78 is 24.2. The van der Waals surface area contributed by atoms with E-state index in [9.17, 15) is 4.79 Å². The molecule has 3 aromatic carbocycles. The largest absolute Gasteiger partial charge is 0.493 e. The van der Waals surface area contributed by atoms with E-state index in [-0.39, 0.29) is 5.91 Å². The van der Waals surface area contributed by atoms with Crippen molar-refractivity contribution in [3.05, 3.63) is 79.3 Å². The summed E-state index contributed by atoms with van der Waals surface area (Å²) in [6.07, 6.45) is 1.55. The van der Waals surface area contributed by atoms with Crippen molar-refractivity contribution in [1.29, 1.82) is 0 Å². The number of benzene rings is 3. The molecular weight excluding hydrogens is 615 g/mol. The Balaban J connectivity index is 1.68. The fourth-order valence-corrected chi connectivity index (χ4v) is 4.05. The smallest absolute Gasteiger partial charge is 0.271 e. The lowest BCUT2D eigenvalue weighted by molar-refractivity contribution is 0.0954. The van der Waals surface area contributed by atoms with Crippen LogP contribution in [0.5, 0.6) is 23.0 Å². The molecule has 9 heteroatoms. The minimum Gasteiger partial charge on any atom is -0.493 e. The zero-order chi connectivity index (χ0) is 24.5. The predicted octanol–water partition coefficient (Wildman–Crippen LogP) is 5.81. The number of rotatable bonds is 10. The molecule has 0 aliphatic rings. The Morgan fingerprint density at radius 3 is 2.41 bits per heavy atom. The van der Waals surface area contributed by atoms with E-state index in [1.807, 2.05) is 37.3 Å². The average Bonchev–Trinajstić information content (AvgIpc) is 2.84. The molecule has 0 heterocycles. The van der Waals surface area contributed by atoms with E-state index in [1.165, 1.54) is 7.11 Å². The summed E-state index contributed by atoms with van der Waals surface area (Å²) >= 11 is 5.62. The van der Waals surface area contributed by atoms with Crippen molar-refractivity contribution in [3.8, 4) is 23.0 Å². The van der Waals surface area contributed by atoms with Crippen LogP contribution in [0.25, 0.3) is 0 Å². The molecule has 0 fully saturated rings. The summed E-state index contributed by atoms with van der Waals surface area (Å²) in [5.41, 5.74) is 4.73. The molecule has 34 heavy (non-hydrogen) atoms. The molecule has 0 bridgehead atoms. The fraction of sp³-hybridized carbons (Fsp3) is 0.200. The van der Waals surface area contributed by atoms with Crippen molar-refractivity contribution >= 4 is 50.6 Å². The molecule has 0 radical (unpaired) electrons. The molecule has 7 nitrogen and oxygen atoms in total. The molecule has 1 amide bonds. The molecule has 0 spiro atoms. The number of carbonyl (C=O) groups excluding carboxylic acids is 1. The minimum absolute atomic E-state index is 0.367. The summed E-state index contributed by atoms with van der Waals surface area (Å²) in [6.45, 7) is 2.79. The van der Waals surface area contributed by atoms with Gasteiger partial charge in [-0.05, 0) is 83.1 Å². The van der Waals surface area contributed by atoms with Gasteiger partial charge in [0.1, 0.15) is 6.61 Å². The zero-order valence-corrected chi connectivity index (χ0v) is 22.7. The second-order valence-corrected chi connectivity index (χ2v) is 9.02. The highest BCUT2D eigenvalue weighted by Gasteiger charge is 2.13. The predicted molar refractivity (Wildman–Crippen MR) is 143 cm³/mol. The van der Waals surface area contributed by atoms with Crippen LogP contribution >= 0.6 is 38.5 Å². The highest BCUT2D eigenvalue weighted by Crippen LogP contribution is 2.34. The number of hydrogen-bond acceptors (Lipinski definition) is 6. The molecule has 178 valence electrons. The Morgan fingerprint density at radius 2 is 1.74 bits per heavy atom. The standard InChI is InChI=1S/C25H24BrIN2O5/c1-4-33-21-10-7-18(13-22(21)31-2)25(30)29-28-14-17-11-20(27)24(23(12-17)32-3)34-15-16-5-8-19(26)9-6-16/h5-14H,4,15H2,1-3H3,(H,29,30)/b28-14+. The quantitative estimate of drug-likeness (QED) is 0.172. The molecular formula is C25H24BrIN2O5. The van der Waals surface area contributed by atoms with Crippen molar-refractivity contribution in [2.24, 2.45) is 5.10 Å². The number of nitrogens with zero attached hydrogens (tertiary/aromatic N) is 1. The molecule has 3 aromatic rings. The molecule has 0 aromatic heterocycles. The first kappa shape index (κ1) is 25.8. The van der Waals surface area contributed by atoms with Gasteiger partial charge in [0, 0.05) is 10.0 Å². The van der Waals surface area contributed by atoms with Crippen LogP contribution in [0, 0.1) is 3.57 Å². The normalized spacial score (nSPS) is 10.7. The van der Waals surface area contributed by atoms with Crippen molar-refractivity contribution in [2.75, 3.05) is 20.8 Å². The minimum atomic E-state index is -0.367. The van der Waals surface area contributed by atoms with Gasteiger partial charge in [0.2, 0.25) is 0 Å². The van der Waals surface area contributed by atoms with E-state index in [0.29, 0.717) is 41.8 Å². The molecule has 0 saturated heterocycles. The van der Waals surface area contributed by atoms with Gasteiger partial charge in [0.25, 0.3) is 5.91 Å². The van der Waals surface area contributed by atoms with Gasteiger partial charge < -0.3 is 18.9 Å². The average molecular weight is 639 g/mol. The van der Waals surface area contributed by atoms with Crippen LogP contribution in [-0.4, -0.2) is 32.9 Å². The number of nitrogens with one attached hydrogen (secondary N) is 1. The first-order valence-corrected chi connectivity index (χ1v) is 12.2. The van der Waals surface area contributed by atoms with Crippen LogP contribution in [0.1, 0.15) is 28.4 Å². The second kappa shape index (κ2) is 12.6. The van der Waals surface area contributed by atoms with Crippen LogP contribution in [0.15, 0.2) is 64.2 Å². The first-order chi connectivity index (χ1) is 16.4. The molecule has 0 aliphatic heterocycles. The Hall–Kier alpha value is -2.79. The topological polar surface area (TPSA) is 78.4 Å². The van der Waals surface area contributed by atoms with Crippen molar-refractivity contribution in [2.45, 2.75) is 13.5 Å². The van der Waals surface area contributed by atoms with Gasteiger partial charge >= 0.3 is 0 Å². The maximum absolute atomic E-state index is 12.5. The zero-order valence-electron chi connectivity index (χ0n) is 18.9. The molecule has 0 saturated carbocycles. The lowest BCUT2D eigenvalue weighted by atomic mass is 10.2. The maximum Gasteiger partial charge on any atom is 0.271 e. The lowest BCUT2D eigenvalue weighted by Crippen LogP contribution is -2.17. The van der Waals surface area contributed by atoms with Crippen molar-refractivity contribution in [3.63, 3.8) is 0 Å². The van der Waals surface area contributed by atoms with Crippen LogP contribution in [-0.2, 0) is 6.61 Å². The third kappa shape index (κ3) is 6.86. The van der Waals surface area contributed by atoms with Crippen molar-refractivity contribution in [1.82, 2.24) is 5.43 Å². The Morgan fingerprint density at radius 1 is 1.00 bits per heavy atom. The molecule has 0 unspecified atom stereocenters. The molecule has 0 aliphatic carbocycles. The van der Waals surface area contributed by atoms with E-state index >= 15 is 0 Å². The van der Waals surface area contributed by atoms with E-state index in [2.05, 4.69) is 49.0 Å². The number of hydrogen-bond donors (Lipinski definition) is 1. The number of hydrazone groups is 1. The highest BCUT2D eigenvalue weighted by atomic mass is 127. The van der Waals surface area contributed by atoms with Crippen molar-refractivity contribution < 1.29 is 23.7 Å². The first-order valence-electron chi connectivity index (χ1n) is 10.3. The number of carbonyl (C=O) groups is 1. The van der Waals surface area contributed by atoms with Crippen LogP contribution in [0.4, 0.5) is 0 Å². The summed E-state index contributed by atoms with van der Waals surface area (Å²) in [5.74, 6) is 1.92. The van der Waals surface area contributed by atoms with Gasteiger partial charge in [-0.2, -0.15) is 5.10 Å². The molecule has 1 N–H and O–H groups in total. The number of methoxy groups -OCH3 is 2. The van der Waals surface area contributed by atoms with Gasteiger partial charge in [-0.3, -0.25) is 4.79 Å². The fourth-order valence-electron chi connectivity index (χ4n) is 3.00. The third-order valence-electron chi connectivity index (χ3n) is 4.65. The second-order valence-electron chi connectivity index (χ2n) is 6.95. The maximum atomic E-state index is 12.5. The lowest BCUT2D eigenvalue weighted by Gasteiger charge is -2.13. The highest BCUT2D eigenvalue weighted by molar-refractivity contribution is 14.1. The Bertz CT molecular complexity index is 1170. The van der Waals surface area contributed by atoms with Crippen LogP contribution in [0.3, 0.4) is 0 Å². The number of amides is 1. The summed E-state index contributed by atoms with van der Waals surface area (Å²) in [5, 5.41) is 4.08. The number of ether oxygens (including phenoxy) is 4.